The first-order chi connectivity index (χ1) is 43.1. The molecule has 12 aromatic carbocycles. The third kappa shape index (κ3) is 9.91. The maximum Gasteiger partial charge on any atom is 0.0493 e. The number of hydrogen-bond acceptors (Lipinski definition) is 2. The Morgan fingerprint density at radius 2 is 0.596 bits per heavy atom. The molecule has 0 saturated carbocycles. The van der Waals surface area contributed by atoms with Crippen LogP contribution in [0.5, 0.6) is 0 Å². The molecule has 89 heavy (non-hydrogen) atoms. The van der Waals surface area contributed by atoms with E-state index in [-0.39, 0.29) is 16.2 Å². The van der Waals surface area contributed by atoms with Crippen molar-refractivity contribution in [3.8, 4) is 44.5 Å². The zero-order valence-corrected chi connectivity index (χ0v) is 53.2. The van der Waals surface area contributed by atoms with Gasteiger partial charge in [-0.05, 0) is 264 Å². The molecular weight excluding hydrogens is 1070 g/mol. The van der Waals surface area contributed by atoms with Gasteiger partial charge >= 0.3 is 0 Å². The molecule has 2 aliphatic rings. The largest absolute Gasteiger partial charge is 0.310 e. The highest BCUT2D eigenvalue weighted by Crippen LogP contribution is 2.66. The van der Waals surface area contributed by atoms with Gasteiger partial charge in [0.15, 0.2) is 0 Å². The van der Waals surface area contributed by atoms with Crippen LogP contribution in [0.1, 0.15) is 105 Å². The lowest BCUT2D eigenvalue weighted by Gasteiger charge is -2.34. The van der Waals surface area contributed by atoms with E-state index in [1.165, 1.54) is 134 Å². The average Bonchev–Trinajstić information content (AvgIpc) is 1.52. The minimum atomic E-state index is -0.324. The van der Waals surface area contributed by atoms with Crippen LogP contribution in [0.4, 0.5) is 34.1 Å². The smallest absolute Gasteiger partial charge is 0.0493 e. The summed E-state index contributed by atoms with van der Waals surface area (Å²) in [6.45, 7) is 23.1. The molecule has 2 aliphatic carbocycles. The number of benzene rings is 12. The summed E-state index contributed by atoms with van der Waals surface area (Å²) in [6, 6.07) is 101. The van der Waals surface area contributed by atoms with Crippen LogP contribution in [-0.4, -0.2) is 0 Å². The summed E-state index contributed by atoms with van der Waals surface area (Å²) in [7, 11) is 0. The molecule has 2 atom stereocenters. The van der Waals surface area contributed by atoms with Crippen LogP contribution in [0.15, 0.2) is 267 Å². The molecule has 0 amide bonds. The predicted molar refractivity (Wildman–Crippen MR) is 378 cm³/mol. The van der Waals surface area contributed by atoms with Crippen LogP contribution in [0, 0.1) is 55.4 Å². The second-order valence-corrected chi connectivity index (χ2v) is 26.3. The second kappa shape index (κ2) is 22.4. The lowest BCUT2D eigenvalue weighted by atomic mass is 9.68. The second-order valence-electron chi connectivity index (χ2n) is 26.3. The van der Waals surface area contributed by atoms with Gasteiger partial charge < -0.3 is 9.80 Å². The Morgan fingerprint density at radius 1 is 0.258 bits per heavy atom. The highest BCUT2D eigenvalue weighted by atomic mass is 15.1. The highest BCUT2D eigenvalue weighted by Gasteiger charge is 2.59. The first kappa shape index (κ1) is 57.0. The zero-order chi connectivity index (χ0) is 61.3. The van der Waals surface area contributed by atoms with Crippen LogP contribution in [0.2, 0.25) is 0 Å². The standard InChI is InChI=1S/C87H78N2/c1-57-31-37-71(38-32-57)88(73-41-43-75(59(3)47-73)65-23-15-11-16-24-65)83-51-61(5)77(49-63(83)7)67-35-45-79-81(53-67)87(55-85(79,9)69-27-19-13-20-28-69)56-86(10,70-29-21-14-22-30-70)80-46-36-68(54-82(80)87)78-50-64(8)84(52-62(78)6)89(72-39-33-58(2)34-40-72)74-42-44-76(60(4)48-74)66-25-17-12-18-26-66/h11-54H,55-56H2,1-10H3. The van der Waals surface area contributed by atoms with E-state index in [4.69, 9.17) is 0 Å². The molecule has 0 aliphatic heterocycles. The Balaban J connectivity index is 0.912. The van der Waals surface area contributed by atoms with Crippen molar-refractivity contribution < 1.29 is 0 Å². The number of aryl methyl sites for hydroxylation is 8. The monoisotopic (exact) mass is 1150 g/mol. The van der Waals surface area contributed by atoms with Gasteiger partial charge in [-0.15, -0.1) is 0 Å². The van der Waals surface area contributed by atoms with E-state index in [1.807, 2.05) is 0 Å². The summed E-state index contributed by atoms with van der Waals surface area (Å²) in [5, 5.41) is 0. The number of fused-ring (bicyclic) bond motifs is 4. The van der Waals surface area contributed by atoms with Crippen molar-refractivity contribution in [2.75, 3.05) is 9.80 Å². The SMILES string of the molecule is Cc1ccc(N(c2ccc(-c3ccccc3)c(C)c2)c2cc(C)c(-c3ccc4c(c3)C3(CC4(C)c4ccccc4)CC(C)(c4ccccc4)c4ccc(-c5cc(C)c(N(c6ccc(C)cc6)c6ccc(-c7ccccc7)c(C)c6)cc5C)cc43)cc2C)cc1. The van der Waals surface area contributed by atoms with Crippen molar-refractivity contribution in [1.82, 2.24) is 0 Å². The normalized spacial score (nSPS) is 17.4. The topological polar surface area (TPSA) is 6.48 Å². The molecule has 0 fully saturated rings. The van der Waals surface area contributed by atoms with Crippen LogP contribution < -0.4 is 9.80 Å². The van der Waals surface area contributed by atoms with Crippen molar-refractivity contribution in [2.45, 2.75) is 98.3 Å². The Kier molecular flexibility index (Phi) is 14.4. The zero-order valence-electron chi connectivity index (χ0n) is 53.2. The molecule has 12 aromatic rings. The van der Waals surface area contributed by atoms with Crippen LogP contribution in [0.25, 0.3) is 44.5 Å². The van der Waals surface area contributed by atoms with E-state index in [1.54, 1.807) is 0 Å². The first-order valence-corrected chi connectivity index (χ1v) is 31.8. The highest BCUT2D eigenvalue weighted by molar-refractivity contribution is 5.87. The summed E-state index contributed by atoms with van der Waals surface area (Å²) in [6.07, 6.45) is 1.91. The number of anilines is 6. The number of hydrogen-bond donors (Lipinski definition) is 0. The molecule has 14 rings (SSSR count). The lowest BCUT2D eigenvalue weighted by Crippen LogP contribution is -2.30. The maximum absolute atomic E-state index is 2.62. The first-order valence-electron chi connectivity index (χ1n) is 31.8. The Labute approximate surface area is 528 Å². The number of rotatable bonds is 12. The fourth-order valence-electron chi connectivity index (χ4n) is 15.7. The summed E-state index contributed by atoms with van der Waals surface area (Å²) < 4.78 is 0. The quantitative estimate of drug-likeness (QED) is 0.120. The average molecular weight is 1150 g/mol. The van der Waals surface area contributed by atoms with Crippen molar-refractivity contribution in [3.05, 3.63) is 345 Å². The van der Waals surface area contributed by atoms with E-state index in [0.717, 1.165) is 35.6 Å². The minimum absolute atomic E-state index is 0.257. The molecule has 2 unspecified atom stereocenters. The van der Waals surface area contributed by atoms with Crippen molar-refractivity contribution in [2.24, 2.45) is 0 Å². The maximum atomic E-state index is 2.62. The van der Waals surface area contributed by atoms with Gasteiger partial charge in [-0.2, -0.15) is 0 Å². The van der Waals surface area contributed by atoms with Gasteiger partial charge in [-0.3, -0.25) is 0 Å². The summed E-state index contributed by atoms with van der Waals surface area (Å²) in [5.74, 6) is 0. The molecule has 2 heteroatoms. The Bertz CT molecular complexity index is 4340. The van der Waals surface area contributed by atoms with Gasteiger partial charge in [0.2, 0.25) is 0 Å². The van der Waals surface area contributed by atoms with Crippen molar-refractivity contribution >= 4 is 34.1 Å². The Morgan fingerprint density at radius 3 is 0.955 bits per heavy atom. The van der Waals surface area contributed by atoms with E-state index in [2.05, 4.69) is 346 Å². The number of nitrogens with zero attached hydrogens (tertiary/aromatic N) is 2. The molecule has 0 saturated heterocycles. The molecule has 0 N–H and O–H groups in total. The van der Waals surface area contributed by atoms with Gasteiger partial charge in [-0.25, -0.2) is 0 Å². The molecule has 0 aromatic heterocycles. The van der Waals surface area contributed by atoms with Crippen molar-refractivity contribution in [3.63, 3.8) is 0 Å². The predicted octanol–water partition coefficient (Wildman–Crippen LogP) is 23.5. The molecule has 1 spiro atoms. The lowest BCUT2D eigenvalue weighted by molar-refractivity contribution is 0.374. The van der Waals surface area contributed by atoms with Gasteiger partial charge in [0.05, 0.1) is 0 Å². The van der Waals surface area contributed by atoms with E-state index in [0.29, 0.717) is 0 Å². The fourth-order valence-corrected chi connectivity index (χ4v) is 15.7. The third-order valence-electron chi connectivity index (χ3n) is 20.3. The molecule has 436 valence electrons. The minimum Gasteiger partial charge on any atom is -0.310 e. The van der Waals surface area contributed by atoms with Crippen molar-refractivity contribution in [1.29, 1.82) is 0 Å². The van der Waals surface area contributed by atoms with E-state index in [9.17, 15) is 0 Å². The van der Waals surface area contributed by atoms with Crippen LogP contribution >= 0.6 is 0 Å². The molecule has 0 heterocycles. The third-order valence-corrected chi connectivity index (χ3v) is 20.3. The molecule has 0 bridgehead atoms. The van der Waals surface area contributed by atoms with Gasteiger partial charge in [0, 0.05) is 50.4 Å². The fraction of sp³-hybridized carbons (Fsp3) is 0.172. The van der Waals surface area contributed by atoms with Gasteiger partial charge in [0.1, 0.15) is 0 Å². The van der Waals surface area contributed by atoms with E-state index < -0.39 is 0 Å². The van der Waals surface area contributed by atoms with E-state index >= 15 is 0 Å². The Hall–Kier alpha value is -9.76. The van der Waals surface area contributed by atoms with Crippen LogP contribution in [0.3, 0.4) is 0 Å². The van der Waals surface area contributed by atoms with Gasteiger partial charge in [-0.1, -0.05) is 207 Å². The van der Waals surface area contributed by atoms with Gasteiger partial charge in [0.25, 0.3) is 0 Å². The molecule has 0 radical (unpaired) electrons. The van der Waals surface area contributed by atoms with Crippen LogP contribution in [-0.2, 0) is 16.2 Å². The molecular formula is C87H78N2. The molecule has 2 nitrogen and oxygen atoms in total. The summed E-state index contributed by atoms with van der Waals surface area (Å²) in [4.78, 5) is 4.91. The summed E-state index contributed by atoms with van der Waals surface area (Å²) >= 11 is 0. The summed E-state index contributed by atoms with van der Waals surface area (Å²) in [5.41, 5.74) is 34.5.